The van der Waals surface area contributed by atoms with Crippen LogP contribution in [0.5, 0.6) is 0 Å². The molecule has 0 radical (unpaired) electrons. The van der Waals surface area contributed by atoms with Crippen molar-refractivity contribution < 1.29 is 18.5 Å². The van der Waals surface area contributed by atoms with Gasteiger partial charge in [0.25, 0.3) is 0 Å². The van der Waals surface area contributed by atoms with Gasteiger partial charge in [0.2, 0.25) is 17.6 Å². The lowest BCUT2D eigenvalue weighted by atomic mass is 10.1. The number of pyridine rings is 1. The first-order valence-electron chi connectivity index (χ1n) is 9.84. The van der Waals surface area contributed by atoms with Gasteiger partial charge in [-0.25, -0.2) is 9.18 Å². The van der Waals surface area contributed by atoms with E-state index < -0.39 is 12.1 Å². The third-order valence-electron chi connectivity index (χ3n) is 4.39. The quantitative estimate of drug-likeness (QED) is 0.483. The summed E-state index contributed by atoms with van der Waals surface area (Å²) in [5, 5.41) is 11.9. The van der Waals surface area contributed by atoms with Crippen molar-refractivity contribution in [2.45, 2.75) is 38.9 Å². The second-order valence-electron chi connectivity index (χ2n) is 6.76. The molecule has 1 aromatic carbocycles. The maximum Gasteiger partial charge on any atom is 0.315 e. The molecule has 0 spiro atoms. The van der Waals surface area contributed by atoms with E-state index in [4.69, 9.17) is 4.52 Å². The number of nitrogens with zero attached hydrogens (tertiary/aromatic N) is 3. The molecule has 1 unspecified atom stereocenters. The fraction of sp³-hybridized carbons (Fsp3) is 0.286. The zero-order valence-corrected chi connectivity index (χ0v) is 17.0. The van der Waals surface area contributed by atoms with E-state index in [9.17, 15) is 14.0 Å². The smallest absolute Gasteiger partial charge is 0.315 e. The van der Waals surface area contributed by atoms with Crippen molar-refractivity contribution in [3.63, 3.8) is 0 Å². The highest BCUT2D eigenvalue weighted by Crippen LogP contribution is 2.13. The topological polar surface area (TPSA) is 122 Å². The van der Waals surface area contributed by atoms with E-state index in [0.29, 0.717) is 18.7 Å². The van der Waals surface area contributed by atoms with Crippen LogP contribution in [0.2, 0.25) is 0 Å². The number of hydrogen-bond donors (Lipinski definition) is 3. The number of rotatable bonds is 9. The van der Waals surface area contributed by atoms with E-state index in [1.807, 2.05) is 6.92 Å². The number of carbonyl (C=O) groups excluding carboxylic acids is 2. The van der Waals surface area contributed by atoms with Gasteiger partial charge in [-0.05, 0) is 36.2 Å². The first kappa shape index (κ1) is 21.9. The number of halogens is 1. The number of aromatic nitrogens is 3. The van der Waals surface area contributed by atoms with Crippen LogP contribution in [-0.4, -0.2) is 33.1 Å². The van der Waals surface area contributed by atoms with Gasteiger partial charge in [0, 0.05) is 24.5 Å². The largest absolute Gasteiger partial charge is 0.345 e. The van der Waals surface area contributed by atoms with Crippen LogP contribution in [0.25, 0.3) is 11.4 Å². The Morgan fingerprint density at radius 3 is 2.52 bits per heavy atom. The Kier molecular flexibility index (Phi) is 7.63. The number of hydrogen-bond acceptors (Lipinski definition) is 6. The van der Waals surface area contributed by atoms with Crippen LogP contribution in [0.15, 0.2) is 53.3 Å². The second kappa shape index (κ2) is 10.8. The molecule has 0 aliphatic rings. The Hall–Kier alpha value is -3.82. The van der Waals surface area contributed by atoms with Crippen LogP contribution >= 0.6 is 0 Å². The summed E-state index contributed by atoms with van der Waals surface area (Å²) in [6.07, 6.45) is 4.40. The third kappa shape index (κ3) is 6.59. The highest BCUT2D eigenvalue weighted by atomic mass is 19.1. The van der Waals surface area contributed by atoms with Crippen molar-refractivity contribution >= 4 is 11.9 Å². The number of urea groups is 1. The van der Waals surface area contributed by atoms with Gasteiger partial charge in [-0.2, -0.15) is 4.98 Å². The normalized spacial score (nSPS) is 11.5. The molecule has 31 heavy (non-hydrogen) atoms. The minimum absolute atomic E-state index is 0.0377. The zero-order chi connectivity index (χ0) is 22.1. The Morgan fingerprint density at radius 2 is 1.81 bits per heavy atom. The van der Waals surface area contributed by atoms with Crippen molar-refractivity contribution in [3.05, 3.63) is 66.1 Å². The maximum absolute atomic E-state index is 13.0. The molecule has 0 fully saturated rings. The van der Waals surface area contributed by atoms with Crippen molar-refractivity contribution in [1.82, 2.24) is 31.1 Å². The molecule has 0 aliphatic carbocycles. The van der Waals surface area contributed by atoms with Gasteiger partial charge in [0.15, 0.2) is 0 Å². The molecule has 1 atom stereocenters. The molecule has 2 aromatic heterocycles. The van der Waals surface area contributed by atoms with E-state index in [-0.39, 0.29) is 30.7 Å². The van der Waals surface area contributed by atoms with Gasteiger partial charge in [-0.15, -0.1) is 0 Å². The van der Waals surface area contributed by atoms with Gasteiger partial charge in [0.05, 0.1) is 6.54 Å². The second-order valence-corrected chi connectivity index (χ2v) is 6.76. The van der Waals surface area contributed by atoms with E-state index in [2.05, 4.69) is 31.1 Å². The van der Waals surface area contributed by atoms with Crippen LogP contribution < -0.4 is 16.0 Å². The van der Waals surface area contributed by atoms with Gasteiger partial charge in [0.1, 0.15) is 11.9 Å². The van der Waals surface area contributed by atoms with Crippen molar-refractivity contribution in [3.8, 4) is 11.4 Å². The molecule has 2 heterocycles. The van der Waals surface area contributed by atoms with E-state index in [0.717, 1.165) is 11.1 Å². The van der Waals surface area contributed by atoms with Gasteiger partial charge in [-0.3, -0.25) is 9.78 Å². The molecule has 9 nitrogen and oxygen atoms in total. The summed E-state index contributed by atoms with van der Waals surface area (Å²) in [6.45, 7) is 2.17. The summed E-state index contributed by atoms with van der Waals surface area (Å²) in [4.78, 5) is 32.9. The van der Waals surface area contributed by atoms with Gasteiger partial charge in [-0.1, -0.05) is 30.6 Å². The number of carbonyl (C=O) groups is 2. The fourth-order valence-electron chi connectivity index (χ4n) is 2.78. The van der Waals surface area contributed by atoms with Gasteiger partial charge >= 0.3 is 6.03 Å². The predicted molar refractivity (Wildman–Crippen MR) is 110 cm³/mol. The fourth-order valence-corrected chi connectivity index (χ4v) is 2.78. The Morgan fingerprint density at radius 1 is 1.06 bits per heavy atom. The Labute approximate surface area is 178 Å². The lowest BCUT2D eigenvalue weighted by Gasteiger charge is -2.17. The lowest BCUT2D eigenvalue weighted by molar-refractivity contribution is -0.123. The zero-order valence-electron chi connectivity index (χ0n) is 17.0. The molecule has 0 aliphatic heterocycles. The average molecular weight is 426 g/mol. The average Bonchev–Trinajstić information content (AvgIpc) is 3.26. The minimum atomic E-state index is -0.721. The summed E-state index contributed by atoms with van der Waals surface area (Å²) in [6, 6.07) is 8.08. The van der Waals surface area contributed by atoms with Crippen LogP contribution in [-0.2, 0) is 17.9 Å². The van der Waals surface area contributed by atoms with Crippen molar-refractivity contribution in [1.29, 1.82) is 0 Å². The van der Waals surface area contributed by atoms with Crippen LogP contribution in [0, 0.1) is 5.82 Å². The number of amides is 3. The summed E-state index contributed by atoms with van der Waals surface area (Å²) in [5.74, 6) is -0.0595. The lowest BCUT2D eigenvalue weighted by Crippen LogP contribution is -2.49. The van der Waals surface area contributed by atoms with E-state index >= 15 is 0 Å². The highest BCUT2D eigenvalue weighted by Gasteiger charge is 2.20. The molecule has 0 saturated heterocycles. The Bertz CT molecular complexity index is 994. The maximum atomic E-state index is 13.0. The molecule has 3 amide bonds. The van der Waals surface area contributed by atoms with E-state index in [1.54, 1.807) is 36.7 Å². The minimum Gasteiger partial charge on any atom is -0.345 e. The van der Waals surface area contributed by atoms with Crippen molar-refractivity contribution in [2.24, 2.45) is 0 Å². The molecule has 3 aromatic rings. The van der Waals surface area contributed by atoms with Crippen molar-refractivity contribution in [2.75, 3.05) is 0 Å². The number of nitrogens with one attached hydrogen (secondary N) is 3. The predicted octanol–water partition coefficient (Wildman–Crippen LogP) is 2.56. The highest BCUT2D eigenvalue weighted by molar-refractivity contribution is 5.86. The van der Waals surface area contributed by atoms with Crippen LogP contribution in [0.4, 0.5) is 9.18 Å². The molecule has 3 rings (SSSR count). The molecule has 10 heteroatoms. The molecule has 162 valence electrons. The van der Waals surface area contributed by atoms with Crippen LogP contribution in [0.1, 0.15) is 31.2 Å². The first-order valence-corrected chi connectivity index (χ1v) is 9.84. The summed E-state index contributed by atoms with van der Waals surface area (Å²) < 4.78 is 18.1. The SMILES string of the molecule is CCCC(NC(=O)NCc1ccc(F)cc1)C(=O)NCc1nc(-c2ccncc2)no1. The van der Waals surface area contributed by atoms with Crippen LogP contribution in [0.3, 0.4) is 0 Å². The molecule has 3 N–H and O–H groups in total. The number of benzene rings is 1. The monoisotopic (exact) mass is 426 g/mol. The van der Waals surface area contributed by atoms with E-state index in [1.165, 1.54) is 12.1 Å². The molecule has 0 bridgehead atoms. The summed E-state index contributed by atoms with van der Waals surface area (Å²) >= 11 is 0. The molecular formula is C21H23FN6O3. The third-order valence-corrected chi connectivity index (χ3v) is 4.39. The summed E-state index contributed by atoms with van der Waals surface area (Å²) in [5.41, 5.74) is 1.49. The first-order chi connectivity index (χ1) is 15.0. The summed E-state index contributed by atoms with van der Waals surface area (Å²) in [7, 11) is 0. The molecular weight excluding hydrogens is 403 g/mol. The standard InChI is InChI=1S/C21H23FN6O3/c1-2-3-17(26-21(30)25-12-14-4-6-16(22)7-5-14)20(29)24-13-18-27-19(28-31-18)15-8-10-23-11-9-15/h4-11,17H,2-3,12-13H2,1H3,(H,24,29)(H2,25,26,30). The molecule has 0 saturated carbocycles. The Balaban J connectivity index is 1.49. The van der Waals surface area contributed by atoms with Gasteiger partial charge < -0.3 is 20.5 Å².